The first-order valence-electron chi connectivity index (χ1n) is 7.44. The van der Waals surface area contributed by atoms with Crippen molar-refractivity contribution >= 4 is 35.1 Å². The van der Waals surface area contributed by atoms with Gasteiger partial charge in [-0.15, -0.1) is 0 Å². The van der Waals surface area contributed by atoms with Crippen molar-refractivity contribution in [1.82, 2.24) is 10.2 Å². The van der Waals surface area contributed by atoms with Gasteiger partial charge in [-0.2, -0.15) is 5.26 Å². The van der Waals surface area contributed by atoms with E-state index in [0.29, 0.717) is 26.7 Å². The Hall–Kier alpha value is -2.55. The number of rotatable bonds is 3. The van der Waals surface area contributed by atoms with E-state index in [4.69, 9.17) is 28.5 Å². The number of imide groups is 1. The highest BCUT2D eigenvalue weighted by molar-refractivity contribution is 6.35. The summed E-state index contributed by atoms with van der Waals surface area (Å²) in [4.78, 5) is 26.4. The van der Waals surface area contributed by atoms with Gasteiger partial charge in [0.25, 0.3) is 5.91 Å². The van der Waals surface area contributed by atoms with E-state index in [1.807, 2.05) is 6.07 Å². The van der Waals surface area contributed by atoms with Crippen LogP contribution < -0.4 is 5.32 Å². The third-order valence-corrected chi connectivity index (χ3v) is 4.80. The summed E-state index contributed by atoms with van der Waals surface area (Å²) in [6.07, 6.45) is 0. The van der Waals surface area contributed by atoms with Gasteiger partial charge in [-0.1, -0.05) is 41.4 Å². The van der Waals surface area contributed by atoms with E-state index in [0.717, 1.165) is 4.90 Å². The molecular formula is C18H13Cl2N3O2. The minimum atomic E-state index is -1.19. The summed E-state index contributed by atoms with van der Waals surface area (Å²) in [5.74, 6) is -0.381. The van der Waals surface area contributed by atoms with Crippen molar-refractivity contribution in [3.05, 3.63) is 69.2 Å². The molecule has 0 aromatic heterocycles. The van der Waals surface area contributed by atoms with Gasteiger partial charge < -0.3 is 5.32 Å². The molecule has 1 saturated heterocycles. The number of amides is 3. The number of carbonyl (C=O) groups excluding carboxylic acids is 2. The second kappa shape index (κ2) is 6.40. The maximum absolute atomic E-state index is 12.9. The summed E-state index contributed by atoms with van der Waals surface area (Å²) < 4.78 is 0. The van der Waals surface area contributed by atoms with Crippen LogP contribution in [0, 0.1) is 11.3 Å². The molecule has 7 heteroatoms. The topological polar surface area (TPSA) is 73.2 Å². The second-order valence-corrected chi connectivity index (χ2v) is 6.71. The summed E-state index contributed by atoms with van der Waals surface area (Å²) in [7, 11) is 0. The number of hydrogen-bond donors (Lipinski definition) is 1. The van der Waals surface area contributed by atoms with Crippen LogP contribution in [0.2, 0.25) is 10.0 Å². The van der Waals surface area contributed by atoms with E-state index >= 15 is 0 Å². The molecule has 25 heavy (non-hydrogen) atoms. The average Bonchev–Trinajstić information content (AvgIpc) is 2.81. The lowest BCUT2D eigenvalue weighted by atomic mass is 9.91. The Labute approximate surface area is 154 Å². The predicted molar refractivity (Wildman–Crippen MR) is 94.1 cm³/mol. The Morgan fingerprint density at radius 2 is 1.84 bits per heavy atom. The van der Waals surface area contributed by atoms with Crippen LogP contribution in [-0.2, 0) is 16.9 Å². The zero-order valence-electron chi connectivity index (χ0n) is 13.2. The lowest BCUT2D eigenvalue weighted by molar-refractivity contribution is -0.131. The summed E-state index contributed by atoms with van der Waals surface area (Å²) >= 11 is 12.0. The van der Waals surface area contributed by atoms with Gasteiger partial charge in [-0.3, -0.25) is 9.69 Å². The fraction of sp³-hybridized carbons (Fsp3) is 0.167. The van der Waals surface area contributed by atoms with Gasteiger partial charge in [0.05, 0.1) is 18.2 Å². The number of nitriles is 1. The fourth-order valence-electron chi connectivity index (χ4n) is 2.73. The summed E-state index contributed by atoms with van der Waals surface area (Å²) in [5, 5.41) is 12.5. The molecule has 1 aliphatic rings. The summed E-state index contributed by atoms with van der Waals surface area (Å²) in [6, 6.07) is 13.0. The average molecular weight is 374 g/mol. The number of halogens is 2. The molecule has 1 heterocycles. The highest BCUT2D eigenvalue weighted by Gasteiger charge is 2.48. The van der Waals surface area contributed by atoms with Crippen molar-refractivity contribution in [2.75, 3.05) is 0 Å². The molecule has 126 valence electrons. The molecule has 0 radical (unpaired) electrons. The molecule has 1 fully saturated rings. The number of benzene rings is 2. The van der Waals surface area contributed by atoms with Crippen molar-refractivity contribution in [3.63, 3.8) is 0 Å². The van der Waals surface area contributed by atoms with E-state index in [9.17, 15) is 9.59 Å². The zero-order valence-corrected chi connectivity index (χ0v) is 14.7. The van der Waals surface area contributed by atoms with E-state index in [-0.39, 0.29) is 12.5 Å². The standard InChI is InChI=1S/C18H13Cl2N3O2/c1-18(13-5-2-11(9-21)3-6-13)16(24)23(17(25)22-18)10-12-4-7-14(19)8-15(12)20/h2-8H,10H2,1H3,(H,22,25). The van der Waals surface area contributed by atoms with Crippen LogP contribution in [0.25, 0.3) is 0 Å². The molecule has 1 unspecified atom stereocenters. The van der Waals surface area contributed by atoms with Gasteiger partial charge in [-0.25, -0.2) is 4.79 Å². The van der Waals surface area contributed by atoms with Crippen LogP contribution in [-0.4, -0.2) is 16.8 Å². The van der Waals surface area contributed by atoms with Gasteiger partial charge in [-0.05, 0) is 42.3 Å². The van der Waals surface area contributed by atoms with E-state index in [1.54, 1.807) is 49.4 Å². The molecule has 0 saturated carbocycles. The molecule has 1 N–H and O–H groups in total. The van der Waals surface area contributed by atoms with Crippen LogP contribution >= 0.6 is 23.2 Å². The fourth-order valence-corrected chi connectivity index (χ4v) is 3.20. The monoisotopic (exact) mass is 373 g/mol. The highest BCUT2D eigenvalue weighted by atomic mass is 35.5. The number of nitrogens with one attached hydrogen (secondary N) is 1. The molecule has 1 atom stereocenters. The summed E-state index contributed by atoms with van der Waals surface area (Å²) in [5.41, 5.74) is 0.520. The van der Waals surface area contributed by atoms with Crippen molar-refractivity contribution in [2.45, 2.75) is 19.0 Å². The van der Waals surface area contributed by atoms with Crippen LogP contribution in [0.15, 0.2) is 42.5 Å². The molecule has 0 aliphatic carbocycles. The Kier molecular flexibility index (Phi) is 4.42. The molecule has 3 rings (SSSR count). The Morgan fingerprint density at radius 1 is 1.16 bits per heavy atom. The van der Waals surface area contributed by atoms with Gasteiger partial charge >= 0.3 is 6.03 Å². The molecule has 2 aromatic rings. The first kappa shape index (κ1) is 17.3. The molecular weight excluding hydrogens is 361 g/mol. The number of nitrogens with zero attached hydrogens (tertiary/aromatic N) is 2. The third kappa shape index (κ3) is 3.07. The van der Waals surface area contributed by atoms with Gasteiger partial charge in [0.2, 0.25) is 0 Å². The molecule has 2 aromatic carbocycles. The highest BCUT2D eigenvalue weighted by Crippen LogP contribution is 2.31. The second-order valence-electron chi connectivity index (χ2n) is 5.87. The first-order chi connectivity index (χ1) is 11.8. The number of hydrogen-bond acceptors (Lipinski definition) is 3. The molecule has 0 spiro atoms. The number of urea groups is 1. The van der Waals surface area contributed by atoms with Gasteiger partial charge in [0.15, 0.2) is 0 Å². The minimum Gasteiger partial charge on any atom is -0.319 e. The zero-order chi connectivity index (χ0) is 18.2. The van der Waals surface area contributed by atoms with Crippen LogP contribution in [0.5, 0.6) is 0 Å². The quantitative estimate of drug-likeness (QED) is 0.830. The number of carbonyl (C=O) groups is 2. The summed E-state index contributed by atoms with van der Waals surface area (Å²) in [6.45, 7) is 1.69. The van der Waals surface area contributed by atoms with E-state index < -0.39 is 11.6 Å². The predicted octanol–water partition coefficient (Wildman–Crippen LogP) is 3.83. The van der Waals surface area contributed by atoms with Crippen molar-refractivity contribution in [1.29, 1.82) is 5.26 Å². The SMILES string of the molecule is CC1(c2ccc(C#N)cc2)NC(=O)N(Cc2ccc(Cl)cc2Cl)C1=O. The van der Waals surface area contributed by atoms with Crippen LogP contribution in [0.4, 0.5) is 4.79 Å². The lowest BCUT2D eigenvalue weighted by Crippen LogP contribution is -2.40. The molecule has 3 amide bonds. The Bertz CT molecular complexity index is 906. The maximum atomic E-state index is 12.9. The van der Waals surface area contributed by atoms with Crippen LogP contribution in [0.3, 0.4) is 0 Å². The Balaban J connectivity index is 1.89. The maximum Gasteiger partial charge on any atom is 0.325 e. The van der Waals surface area contributed by atoms with Crippen molar-refractivity contribution in [2.24, 2.45) is 0 Å². The molecule has 0 bridgehead atoms. The van der Waals surface area contributed by atoms with Crippen LogP contribution in [0.1, 0.15) is 23.6 Å². The first-order valence-corrected chi connectivity index (χ1v) is 8.19. The Morgan fingerprint density at radius 3 is 2.44 bits per heavy atom. The van der Waals surface area contributed by atoms with Gasteiger partial charge in [0, 0.05) is 10.0 Å². The minimum absolute atomic E-state index is 0.0482. The molecule has 1 aliphatic heterocycles. The van der Waals surface area contributed by atoms with Gasteiger partial charge in [0.1, 0.15) is 5.54 Å². The van der Waals surface area contributed by atoms with E-state index in [2.05, 4.69) is 5.32 Å². The molecule has 5 nitrogen and oxygen atoms in total. The van der Waals surface area contributed by atoms with Crippen molar-refractivity contribution in [3.8, 4) is 6.07 Å². The third-order valence-electron chi connectivity index (χ3n) is 4.21. The smallest absolute Gasteiger partial charge is 0.319 e. The van der Waals surface area contributed by atoms with Crippen molar-refractivity contribution < 1.29 is 9.59 Å². The normalized spacial score (nSPS) is 19.7. The lowest BCUT2D eigenvalue weighted by Gasteiger charge is -2.22. The largest absolute Gasteiger partial charge is 0.325 e. The van der Waals surface area contributed by atoms with E-state index in [1.165, 1.54) is 0 Å².